The van der Waals surface area contributed by atoms with Gasteiger partial charge in [-0.25, -0.2) is 0 Å². The number of benzene rings is 1. The van der Waals surface area contributed by atoms with Gasteiger partial charge in [-0.3, -0.25) is 0 Å². The Bertz CT molecular complexity index is 434. The van der Waals surface area contributed by atoms with Crippen LogP contribution in [0.15, 0.2) is 24.3 Å². The van der Waals surface area contributed by atoms with E-state index in [4.69, 9.17) is 0 Å². The summed E-state index contributed by atoms with van der Waals surface area (Å²) in [5, 5.41) is 12.6. The summed E-state index contributed by atoms with van der Waals surface area (Å²) in [4.78, 5) is 0. The van der Waals surface area contributed by atoms with E-state index in [0.29, 0.717) is 5.92 Å². The number of rotatable bonds is 2. The minimum absolute atomic E-state index is 0.137. The Balaban J connectivity index is 1.91. The maximum Gasteiger partial charge on any atom is 0.0823 e. The van der Waals surface area contributed by atoms with Crippen LogP contribution in [0.3, 0.4) is 0 Å². The fourth-order valence-electron chi connectivity index (χ4n) is 2.62. The Morgan fingerprint density at radius 2 is 2.25 bits per heavy atom. The number of nitrogens with zero attached hydrogens (tertiary/aromatic N) is 1. The number of nitriles is 1. The molecule has 2 aliphatic rings. The van der Waals surface area contributed by atoms with Crippen molar-refractivity contribution in [3.63, 3.8) is 0 Å². The third kappa shape index (κ3) is 1.52. The maximum absolute atomic E-state index is 9.20. The first kappa shape index (κ1) is 9.86. The molecule has 1 N–H and O–H groups in total. The van der Waals surface area contributed by atoms with E-state index in [1.807, 2.05) is 0 Å². The summed E-state index contributed by atoms with van der Waals surface area (Å²) >= 11 is 0. The van der Waals surface area contributed by atoms with Crippen LogP contribution in [0.5, 0.6) is 0 Å². The number of hydrogen-bond donors (Lipinski definition) is 1. The lowest BCUT2D eigenvalue weighted by Crippen LogP contribution is -2.09. The summed E-state index contributed by atoms with van der Waals surface area (Å²) in [6, 6.07) is 11.2. The molecule has 0 amide bonds. The Morgan fingerprint density at radius 1 is 1.38 bits per heavy atom. The number of nitrogens with one attached hydrogen (secondary N) is 1. The smallest absolute Gasteiger partial charge is 0.0823 e. The highest BCUT2D eigenvalue weighted by Crippen LogP contribution is 2.48. The second kappa shape index (κ2) is 3.61. The van der Waals surface area contributed by atoms with Crippen LogP contribution < -0.4 is 5.32 Å². The van der Waals surface area contributed by atoms with Crippen molar-refractivity contribution in [1.29, 1.82) is 5.26 Å². The molecule has 0 aromatic heterocycles. The molecule has 2 fully saturated rings. The molecule has 0 bridgehead atoms. The van der Waals surface area contributed by atoms with E-state index in [-0.39, 0.29) is 5.41 Å². The molecule has 1 aliphatic carbocycles. The first-order chi connectivity index (χ1) is 7.84. The summed E-state index contributed by atoms with van der Waals surface area (Å²) in [5.74, 6) is 0.648. The Hall–Kier alpha value is -1.33. The van der Waals surface area contributed by atoms with E-state index in [9.17, 15) is 5.26 Å². The Kier molecular flexibility index (Phi) is 2.22. The largest absolute Gasteiger partial charge is 0.316 e. The first-order valence-electron chi connectivity index (χ1n) is 6.06. The summed E-state index contributed by atoms with van der Waals surface area (Å²) < 4.78 is 0. The molecule has 1 unspecified atom stereocenters. The molecule has 1 heterocycles. The quantitative estimate of drug-likeness (QED) is 0.816. The average Bonchev–Trinajstić information content (AvgIpc) is 2.95. The molecular formula is C14H16N2. The SMILES string of the molecule is N#CC1(c2cccc(C3CCNC3)c2)CC1. The molecule has 1 aliphatic heterocycles. The van der Waals surface area contributed by atoms with Crippen LogP contribution in [0.4, 0.5) is 0 Å². The topological polar surface area (TPSA) is 35.8 Å². The Labute approximate surface area is 96.3 Å². The van der Waals surface area contributed by atoms with Gasteiger partial charge in [-0.2, -0.15) is 5.26 Å². The summed E-state index contributed by atoms with van der Waals surface area (Å²) in [6.45, 7) is 2.21. The van der Waals surface area contributed by atoms with Crippen molar-refractivity contribution in [2.24, 2.45) is 0 Å². The molecule has 0 spiro atoms. The molecule has 1 aromatic rings. The maximum atomic E-state index is 9.20. The molecule has 16 heavy (non-hydrogen) atoms. The minimum atomic E-state index is -0.137. The highest BCUT2D eigenvalue weighted by atomic mass is 14.9. The summed E-state index contributed by atoms with van der Waals surface area (Å²) in [5.41, 5.74) is 2.51. The van der Waals surface area contributed by atoms with Gasteiger partial charge in [0.15, 0.2) is 0 Å². The van der Waals surface area contributed by atoms with Gasteiger partial charge in [-0.15, -0.1) is 0 Å². The minimum Gasteiger partial charge on any atom is -0.316 e. The van der Waals surface area contributed by atoms with Crippen LogP contribution in [0.2, 0.25) is 0 Å². The van der Waals surface area contributed by atoms with E-state index >= 15 is 0 Å². The predicted molar refractivity (Wildman–Crippen MR) is 63.2 cm³/mol. The fraction of sp³-hybridized carbons (Fsp3) is 0.500. The third-order valence-corrected chi connectivity index (χ3v) is 3.93. The van der Waals surface area contributed by atoms with Gasteiger partial charge in [0.2, 0.25) is 0 Å². The normalized spacial score (nSPS) is 26.3. The Morgan fingerprint density at radius 3 is 2.88 bits per heavy atom. The lowest BCUT2D eigenvalue weighted by atomic mass is 9.91. The van der Waals surface area contributed by atoms with Crippen molar-refractivity contribution in [3.05, 3.63) is 35.4 Å². The second-order valence-electron chi connectivity index (χ2n) is 5.01. The van der Waals surface area contributed by atoms with Crippen LogP contribution in [-0.2, 0) is 5.41 Å². The molecule has 0 radical (unpaired) electrons. The fourth-order valence-corrected chi connectivity index (χ4v) is 2.62. The van der Waals surface area contributed by atoms with Crippen molar-refractivity contribution >= 4 is 0 Å². The average molecular weight is 212 g/mol. The van der Waals surface area contributed by atoms with E-state index in [1.54, 1.807) is 0 Å². The molecule has 1 saturated heterocycles. The van der Waals surface area contributed by atoms with Gasteiger partial charge in [0.1, 0.15) is 0 Å². The van der Waals surface area contributed by atoms with Crippen LogP contribution >= 0.6 is 0 Å². The molecule has 82 valence electrons. The van der Waals surface area contributed by atoms with Crippen molar-refractivity contribution in [1.82, 2.24) is 5.32 Å². The van der Waals surface area contributed by atoms with Crippen molar-refractivity contribution in [2.75, 3.05) is 13.1 Å². The first-order valence-corrected chi connectivity index (χ1v) is 6.06. The van der Waals surface area contributed by atoms with E-state index in [2.05, 4.69) is 35.7 Å². The monoisotopic (exact) mass is 212 g/mol. The van der Waals surface area contributed by atoms with E-state index in [0.717, 1.165) is 25.9 Å². The molecule has 2 nitrogen and oxygen atoms in total. The zero-order valence-electron chi connectivity index (χ0n) is 9.37. The van der Waals surface area contributed by atoms with E-state index < -0.39 is 0 Å². The second-order valence-corrected chi connectivity index (χ2v) is 5.01. The van der Waals surface area contributed by atoms with Crippen LogP contribution in [0, 0.1) is 11.3 Å². The standard InChI is InChI=1S/C14H16N2/c15-10-14(5-6-14)13-3-1-2-11(8-13)12-4-7-16-9-12/h1-3,8,12,16H,4-7,9H2. The van der Waals surface area contributed by atoms with Crippen LogP contribution in [0.25, 0.3) is 0 Å². The van der Waals surface area contributed by atoms with Gasteiger partial charge in [-0.05, 0) is 42.9 Å². The highest BCUT2D eigenvalue weighted by molar-refractivity contribution is 5.41. The highest BCUT2D eigenvalue weighted by Gasteiger charge is 2.44. The zero-order valence-corrected chi connectivity index (χ0v) is 9.37. The van der Waals surface area contributed by atoms with Crippen molar-refractivity contribution in [3.8, 4) is 6.07 Å². The molecular weight excluding hydrogens is 196 g/mol. The number of hydrogen-bond acceptors (Lipinski definition) is 2. The zero-order chi connectivity index (χ0) is 11.0. The lowest BCUT2D eigenvalue weighted by molar-refractivity contribution is 0.758. The molecule has 1 aromatic carbocycles. The summed E-state index contributed by atoms with van der Waals surface area (Å²) in [7, 11) is 0. The van der Waals surface area contributed by atoms with Gasteiger partial charge in [0.05, 0.1) is 11.5 Å². The predicted octanol–water partition coefficient (Wildman–Crippen LogP) is 2.32. The van der Waals surface area contributed by atoms with Gasteiger partial charge >= 0.3 is 0 Å². The van der Waals surface area contributed by atoms with Crippen LogP contribution in [-0.4, -0.2) is 13.1 Å². The van der Waals surface area contributed by atoms with Crippen LogP contribution in [0.1, 0.15) is 36.3 Å². The van der Waals surface area contributed by atoms with Crippen molar-refractivity contribution in [2.45, 2.75) is 30.6 Å². The summed E-state index contributed by atoms with van der Waals surface area (Å²) in [6.07, 6.45) is 3.30. The van der Waals surface area contributed by atoms with Crippen molar-refractivity contribution < 1.29 is 0 Å². The van der Waals surface area contributed by atoms with Gasteiger partial charge in [-0.1, -0.05) is 24.3 Å². The van der Waals surface area contributed by atoms with Gasteiger partial charge in [0, 0.05) is 6.54 Å². The lowest BCUT2D eigenvalue weighted by Gasteiger charge is -2.12. The molecule has 1 saturated carbocycles. The van der Waals surface area contributed by atoms with Gasteiger partial charge in [0.25, 0.3) is 0 Å². The van der Waals surface area contributed by atoms with E-state index in [1.165, 1.54) is 17.5 Å². The third-order valence-electron chi connectivity index (χ3n) is 3.93. The van der Waals surface area contributed by atoms with Gasteiger partial charge < -0.3 is 5.32 Å². The molecule has 3 rings (SSSR count). The molecule has 2 heteroatoms. The molecule has 1 atom stereocenters.